The highest BCUT2D eigenvalue weighted by Gasteiger charge is 2.03. The van der Waals surface area contributed by atoms with E-state index in [9.17, 15) is 0 Å². The summed E-state index contributed by atoms with van der Waals surface area (Å²) in [6.07, 6.45) is 1.73. The van der Waals surface area contributed by atoms with Crippen molar-refractivity contribution in [3.05, 3.63) is 41.0 Å². The number of anilines is 3. The van der Waals surface area contributed by atoms with E-state index in [2.05, 4.69) is 25.5 Å². The van der Waals surface area contributed by atoms with Crippen LogP contribution in [-0.4, -0.2) is 42.1 Å². The number of aromatic nitrogens is 2. The fourth-order valence-electron chi connectivity index (χ4n) is 1.81. The largest absolute Gasteiger partial charge is 0.369 e. The lowest BCUT2D eigenvalue weighted by atomic mass is 10.2. The minimum absolute atomic E-state index is 0.565. The third-order valence-electron chi connectivity index (χ3n) is 2.96. The van der Waals surface area contributed by atoms with Crippen LogP contribution in [0.25, 0.3) is 0 Å². The molecule has 0 saturated carbocycles. The molecule has 0 unspecified atom stereocenters. The van der Waals surface area contributed by atoms with E-state index in [-0.39, 0.29) is 0 Å². The molecule has 0 fully saturated rings. The topological polar surface area (TPSA) is 53.1 Å². The summed E-state index contributed by atoms with van der Waals surface area (Å²) in [5.41, 5.74) is 2.00. The Morgan fingerprint density at radius 2 is 2.05 bits per heavy atom. The Kier molecular flexibility index (Phi) is 5.36. The van der Waals surface area contributed by atoms with Gasteiger partial charge in [0.15, 0.2) is 0 Å². The molecule has 2 rings (SSSR count). The zero-order chi connectivity index (χ0) is 15.2. The number of aryl methyl sites for hydroxylation is 1. The first-order chi connectivity index (χ1) is 10.0. The molecule has 0 bridgehead atoms. The van der Waals surface area contributed by atoms with E-state index in [1.165, 1.54) is 0 Å². The van der Waals surface area contributed by atoms with Crippen LogP contribution in [0.3, 0.4) is 0 Å². The van der Waals surface area contributed by atoms with Gasteiger partial charge in [-0.2, -0.15) is 4.98 Å². The second kappa shape index (κ2) is 7.24. The molecular formula is C15H20ClN5. The molecule has 2 N–H and O–H groups in total. The van der Waals surface area contributed by atoms with Crippen molar-refractivity contribution in [1.82, 2.24) is 14.9 Å². The molecular weight excluding hydrogens is 286 g/mol. The summed E-state index contributed by atoms with van der Waals surface area (Å²) in [5.74, 6) is 1.37. The lowest BCUT2D eigenvalue weighted by Crippen LogP contribution is -2.21. The molecule has 1 aromatic carbocycles. The van der Waals surface area contributed by atoms with Gasteiger partial charge in [0.1, 0.15) is 5.82 Å². The van der Waals surface area contributed by atoms with E-state index >= 15 is 0 Å². The second-order valence-electron chi connectivity index (χ2n) is 5.08. The highest BCUT2D eigenvalue weighted by Crippen LogP contribution is 2.22. The Balaban J connectivity index is 2.03. The van der Waals surface area contributed by atoms with Gasteiger partial charge in [0.25, 0.3) is 0 Å². The maximum absolute atomic E-state index is 5.95. The number of benzene rings is 1. The molecule has 112 valence electrons. The summed E-state index contributed by atoms with van der Waals surface area (Å²) in [6.45, 7) is 3.78. The Morgan fingerprint density at radius 3 is 2.76 bits per heavy atom. The van der Waals surface area contributed by atoms with Crippen LogP contribution in [0.4, 0.5) is 17.5 Å². The zero-order valence-electron chi connectivity index (χ0n) is 12.5. The van der Waals surface area contributed by atoms with Gasteiger partial charge in [-0.15, -0.1) is 0 Å². The first-order valence-corrected chi connectivity index (χ1v) is 7.17. The summed E-state index contributed by atoms with van der Waals surface area (Å²) in [6, 6.07) is 7.53. The number of likely N-dealkylation sites (N-methyl/N-ethyl adjacent to an activating group) is 1. The van der Waals surface area contributed by atoms with Crippen LogP contribution in [-0.2, 0) is 0 Å². The van der Waals surface area contributed by atoms with Crippen LogP contribution in [0.15, 0.2) is 30.5 Å². The van der Waals surface area contributed by atoms with Gasteiger partial charge in [0.2, 0.25) is 5.95 Å². The summed E-state index contributed by atoms with van der Waals surface area (Å²) in [4.78, 5) is 10.8. The Morgan fingerprint density at radius 1 is 1.24 bits per heavy atom. The number of nitrogens with one attached hydrogen (secondary N) is 2. The Hall–Kier alpha value is -1.85. The van der Waals surface area contributed by atoms with Crippen LogP contribution in [0.1, 0.15) is 5.56 Å². The molecule has 0 saturated heterocycles. The van der Waals surface area contributed by atoms with Gasteiger partial charge in [-0.25, -0.2) is 4.98 Å². The van der Waals surface area contributed by atoms with E-state index in [1.54, 1.807) is 6.20 Å². The van der Waals surface area contributed by atoms with Crippen molar-refractivity contribution in [2.24, 2.45) is 0 Å². The van der Waals surface area contributed by atoms with Crippen LogP contribution in [0.2, 0.25) is 5.02 Å². The molecule has 0 amide bonds. The molecule has 1 heterocycles. The molecule has 5 nitrogen and oxygen atoms in total. The number of rotatable bonds is 6. The highest BCUT2D eigenvalue weighted by molar-refractivity contribution is 6.30. The molecule has 1 aromatic heterocycles. The maximum atomic E-state index is 5.95. The number of hydrogen-bond acceptors (Lipinski definition) is 5. The molecule has 0 spiro atoms. The lowest BCUT2D eigenvalue weighted by molar-refractivity contribution is 0.425. The predicted molar refractivity (Wildman–Crippen MR) is 88.5 cm³/mol. The molecule has 2 aromatic rings. The van der Waals surface area contributed by atoms with Gasteiger partial charge in [0, 0.05) is 30.0 Å². The maximum Gasteiger partial charge on any atom is 0.229 e. The molecule has 0 aliphatic heterocycles. The van der Waals surface area contributed by atoms with E-state index in [1.807, 2.05) is 45.3 Å². The van der Waals surface area contributed by atoms with Gasteiger partial charge < -0.3 is 15.5 Å². The molecule has 0 atom stereocenters. The smallest absolute Gasteiger partial charge is 0.229 e. The summed E-state index contributed by atoms with van der Waals surface area (Å²) < 4.78 is 0. The molecule has 0 aliphatic rings. The molecule has 0 aliphatic carbocycles. The van der Waals surface area contributed by atoms with Gasteiger partial charge >= 0.3 is 0 Å². The minimum Gasteiger partial charge on any atom is -0.369 e. The fourth-order valence-corrected chi connectivity index (χ4v) is 2.04. The van der Waals surface area contributed by atoms with Crippen molar-refractivity contribution in [3.63, 3.8) is 0 Å². The first-order valence-electron chi connectivity index (χ1n) is 6.79. The SMILES string of the molecule is Cc1cc(Cl)ccc1Nc1nccc(NCCN(C)C)n1. The van der Waals surface area contributed by atoms with E-state index < -0.39 is 0 Å². The van der Waals surface area contributed by atoms with E-state index in [0.29, 0.717) is 5.95 Å². The number of nitrogens with zero attached hydrogens (tertiary/aromatic N) is 3. The van der Waals surface area contributed by atoms with Crippen molar-refractivity contribution in [2.45, 2.75) is 6.92 Å². The number of hydrogen-bond donors (Lipinski definition) is 2. The second-order valence-corrected chi connectivity index (χ2v) is 5.52. The van der Waals surface area contributed by atoms with Crippen molar-refractivity contribution in [1.29, 1.82) is 0 Å². The average Bonchev–Trinajstić information content (AvgIpc) is 2.42. The van der Waals surface area contributed by atoms with Gasteiger partial charge in [-0.3, -0.25) is 0 Å². The molecule has 6 heteroatoms. The van der Waals surface area contributed by atoms with Crippen molar-refractivity contribution in [3.8, 4) is 0 Å². The van der Waals surface area contributed by atoms with E-state index in [0.717, 1.165) is 35.2 Å². The van der Waals surface area contributed by atoms with Crippen LogP contribution in [0, 0.1) is 6.92 Å². The average molecular weight is 306 g/mol. The molecule has 0 radical (unpaired) electrons. The predicted octanol–water partition coefficient (Wildman–Crippen LogP) is 3.16. The van der Waals surface area contributed by atoms with Crippen molar-refractivity contribution >= 4 is 29.1 Å². The summed E-state index contributed by atoms with van der Waals surface area (Å²) >= 11 is 5.95. The third kappa shape index (κ3) is 4.88. The summed E-state index contributed by atoms with van der Waals surface area (Å²) in [7, 11) is 4.08. The fraction of sp³-hybridized carbons (Fsp3) is 0.333. The standard InChI is InChI=1S/C15H20ClN5/c1-11-10-12(16)4-5-13(11)19-15-18-7-6-14(20-15)17-8-9-21(2)3/h4-7,10H,8-9H2,1-3H3,(H2,17,18,19,20). The minimum atomic E-state index is 0.565. The summed E-state index contributed by atoms with van der Waals surface area (Å²) in [5, 5.41) is 7.20. The van der Waals surface area contributed by atoms with Gasteiger partial charge in [0.05, 0.1) is 0 Å². The quantitative estimate of drug-likeness (QED) is 0.858. The van der Waals surface area contributed by atoms with Crippen LogP contribution in [0.5, 0.6) is 0 Å². The normalized spacial score (nSPS) is 10.7. The zero-order valence-corrected chi connectivity index (χ0v) is 13.3. The van der Waals surface area contributed by atoms with Crippen LogP contribution >= 0.6 is 11.6 Å². The van der Waals surface area contributed by atoms with Gasteiger partial charge in [-0.05, 0) is 50.8 Å². The monoisotopic (exact) mass is 305 g/mol. The molecule has 21 heavy (non-hydrogen) atoms. The third-order valence-corrected chi connectivity index (χ3v) is 3.19. The van der Waals surface area contributed by atoms with Crippen LogP contribution < -0.4 is 10.6 Å². The van der Waals surface area contributed by atoms with Crippen molar-refractivity contribution in [2.75, 3.05) is 37.8 Å². The lowest BCUT2D eigenvalue weighted by Gasteiger charge is -2.12. The van der Waals surface area contributed by atoms with E-state index in [4.69, 9.17) is 11.6 Å². The Labute approximate surface area is 130 Å². The van der Waals surface area contributed by atoms with Gasteiger partial charge in [-0.1, -0.05) is 11.6 Å². The first kappa shape index (κ1) is 15.5. The van der Waals surface area contributed by atoms with Crippen molar-refractivity contribution < 1.29 is 0 Å². The highest BCUT2D eigenvalue weighted by atomic mass is 35.5. The Bertz CT molecular complexity index is 600. The number of halogens is 1.